The molecule has 16 heavy (non-hydrogen) atoms. The molecule has 0 aromatic carbocycles. The van der Waals surface area contributed by atoms with Gasteiger partial charge in [0.2, 0.25) is 0 Å². The van der Waals surface area contributed by atoms with Crippen LogP contribution >= 0.6 is 0 Å². The molecule has 3 heteroatoms. The highest BCUT2D eigenvalue weighted by atomic mass is 16.5. The summed E-state index contributed by atoms with van der Waals surface area (Å²) >= 11 is 0. The molecular weight excluding hydrogens is 200 g/mol. The quantitative estimate of drug-likeness (QED) is 0.677. The predicted molar refractivity (Wildman–Crippen MR) is 66.4 cm³/mol. The van der Waals surface area contributed by atoms with Crippen LogP contribution in [0.5, 0.6) is 0 Å². The van der Waals surface area contributed by atoms with Crippen LogP contribution < -0.4 is 11.1 Å². The van der Waals surface area contributed by atoms with Crippen LogP contribution in [0.15, 0.2) is 0 Å². The van der Waals surface area contributed by atoms with Gasteiger partial charge in [-0.3, -0.25) is 0 Å². The van der Waals surface area contributed by atoms with E-state index in [4.69, 9.17) is 10.5 Å². The molecule has 0 aromatic heterocycles. The summed E-state index contributed by atoms with van der Waals surface area (Å²) in [6, 6.07) is 0. The normalized spacial score (nSPS) is 35.2. The van der Waals surface area contributed by atoms with Crippen molar-refractivity contribution >= 4 is 0 Å². The molecule has 2 unspecified atom stereocenters. The van der Waals surface area contributed by atoms with Crippen molar-refractivity contribution in [1.82, 2.24) is 5.32 Å². The minimum Gasteiger partial charge on any atom is -0.378 e. The van der Waals surface area contributed by atoms with Crippen molar-refractivity contribution in [1.29, 1.82) is 0 Å². The van der Waals surface area contributed by atoms with Gasteiger partial charge in [0.25, 0.3) is 0 Å². The van der Waals surface area contributed by atoms with Gasteiger partial charge in [-0.05, 0) is 45.1 Å². The number of hydrogen-bond donors (Lipinski definition) is 2. The van der Waals surface area contributed by atoms with Crippen LogP contribution in [0, 0.1) is 5.92 Å². The first-order valence-electron chi connectivity index (χ1n) is 6.81. The Morgan fingerprint density at radius 2 is 2.25 bits per heavy atom. The van der Waals surface area contributed by atoms with E-state index >= 15 is 0 Å². The van der Waals surface area contributed by atoms with Gasteiger partial charge < -0.3 is 15.8 Å². The molecular formula is C13H26N2O. The van der Waals surface area contributed by atoms with Crippen molar-refractivity contribution in [2.24, 2.45) is 11.7 Å². The number of rotatable bonds is 6. The summed E-state index contributed by atoms with van der Waals surface area (Å²) < 4.78 is 5.59. The maximum absolute atomic E-state index is 5.94. The molecule has 1 saturated heterocycles. The van der Waals surface area contributed by atoms with Crippen molar-refractivity contribution in [2.45, 2.75) is 57.1 Å². The molecule has 1 aliphatic heterocycles. The minimum absolute atomic E-state index is 0.154. The monoisotopic (exact) mass is 226 g/mol. The molecule has 2 aliphatic rings. The van der Waals surface area contributed by atoms with Gasteiger partial charge in [-0.1, -0.05) is 12.8 Å². The Kier molecular flexibility index (Phi) is 4.22. The molecule has 0 amide bonds. The number of nitrogens with two attached hydrogens (primary N) is 1. The van der Waals surface area contributed by atoms with Crippen molar-refractivity contribution < 1.29 is 4.74 Å². The summed E-state index contributed by atoms with van der Waals surface area (Å²) in [4.78, 5) is 0. The standard InChI is InChI=1S/C13H26N2O/c1-11-9-13(10-14,6-8-16-11)15-7-2-3-12-4-5-12/h11-12,15H,2-10,14H2,1H3. The maximum atomic E-state index is 5.94. The van der Waals surface area contributed by atoms with E-state index < -0.39 is 0 Å². The Morgan fingerprint density at radius 3 is 2.88 bits per heavy atom. The van der Waals surface area contributed by atoms with Gasteiger partial charge in [-0.15, -0.1) is 0 Å². The summed E-state index contributed by atoms with van der Waals surface area (Å²) in [5, 5.41) is 3.69. The zero-order chi connectivity index (χ0) is 11.4. The topological polar surface area (TPSA) is 47.3 Å². The summed E-state index contributed by atoms with van der Waals surface area (Å²) in [7, 11) is 0. The molecule has 1 aliphatic carbocycles. The Balaban J connectivity index is 1.69. The third-order valence-corrected chi connectivity index (χ3v) is 4.04. The Labute approximate surface area is 99.1 Å². The van der Waals surface area contributed by atoms with Crippen LogP contribution in [0.3, 0.4) is 0 Å². The third-order valence-electron chi connectivity index (χ3n) is 4.04. The van der Waals surface area contributed by atoms with Crippen molar-refractivity contribution in [2.75, 3.05) is 19.7 Å². The van der Waals surface area contributed by atoms with Gasteiger partial charge >= 0.3 is 0 Å². The maximum Gasteiger partial charge on any atom is 0.0565 e. The fraction of sp³-hybridized carbons (Fsp3) is 1.00. The third kappa shape index (κ3) is 3.44. The van der Waals surface area contributed by atoms with Crippen molar-refractivity contribution in [3.63, 3.8) is 0 Å². The second-order valence-electron chi connectivity index (χ2n) is 5.63. The van der Waals surface area contributed by atoms with Crippen LogP contribution in [-0.2, 0) is 4.74 Å². The molecule has 0 spiro atoms. The fourth-order valence-corrected chi connectivity index (χ4v) is 2.74. The van der Waals surface area contributed by atoms with Crippen LogP contribution in [0.25, 0.3) is 0 Å². The van der Waals surface area contributed by atoms with E-state index in [-0.39, 0.29) is 5.54 Å². The average Bonchev–Trinajstić information content (AvgIpc) is 3.08. The lowest BCUT2D eigenvalue weighted by atomic mass is 9.87. The van der Waals surface area contributed by atoms with E-state index in [9.17, 15) is 0 Å². The Hall–Kier alpha value is -0.120. The highest BCUT2D eigenvalue weighted by Crippen LogP contribution is 2.33. The van der Waals surface area contributed by atoms with E-state index in [0.29, 0.717) is 6.10 Å². The van der Waals surface area contributed by atoms with E-state index in [2.05, 4.69) is 12.2 Å². The van der Waals surface area contributed by atoms with E-state index in [1.807, 2.05) is 0 Å². The number of nitrogens with one attached hydrogen (secondary N) is 1. The molecule has 2 atom stereocenters. The average molecular weight is 226 g/mol. The van der Waals surface area contributed by atoms with Gasteiger partial charge in [0.05, 0.1) is 6.10 Å². The fourth-order valence-electron chi connectivity index (χ4n) is 2.74. The van der Waals surface area contributed by atoms with Crippen molar-refractivity contribution in [3.8, 4) is 0 Å². The molecule has 3 N–H and O–H groups in total. The second-order valence-corrected chi connectivity index (χ2v) is 5.63. The molecule has 3 nitrogen and oxygen atoms in total. The van der Waals surface area contributed by atoms with Crippen LogP contribution in [0.1, 0.15) is 45.4 Å². The summed E-state index contributed by atoms with van der Waals surface area (Å²) in [5.41, 5.74) is 6.09. The SMILES string of the molecule is CC1CC(CN)(NCCCC2CC2)CCO1. The van der Waals surface area contributed by atoms with Crippen LogP contribution in [0.4, 0.5) is 0 Å². The van der Waals surface area contributed by atoms with Crippen molar-refractivity contribution in [3.05, 3.63) is 0 Å². The smallest absolute Gasteiger partial charge is 0.0565 e. The van der Waals surface area contributed by atoms with E-state index in [0.717, 1.165) is 38.5 Å². The highest BCUT2D eigenvalue weighted by molar-refractivity contribution is 4.93. The summed E-state index contributed by atoms with van der Waals surface area (Å²) in [5.74, 6) is 1.05. The van der Waals surface area contributed by atoms with Crippen LogP contribution in [0.2, 0.25) is 0 Å². The molecule has 2 rings (SSSR count). The molecule has 0 bridgehead atoms. The zero-order valence-electron chi connectivity index (χ0n) is 10.5. The lowest BCUT2D eigenvalue weighted by molar-refractivity contribution is -0.0161. The summed E-state index contributed by atoms with van der Waals surface area (Å²) in [6.45, 7) is 4.87. The minimum atomic E-state index is 0.154. The van der Waals surface area contributed by atoms with Crippen LogP contribution in [-0.4, -0.2) is 31.3 Å². The first kappa shape index (κ1) is 12.3. The van der Waals surface area contributed by atoms with Gasteiger partial charge in [0.15, 0.2) is 0 Å². The molecule has 1 saturated carbocycles. The largest absolute Gasteiger partial charge is 0.378 e. The first-order chi connectivity index (χ1) is 7.74. The molecule has 1 heterocycles. The van der Waals surface area contributed by atoms with E-state index in [1.165, 1.54) is 25.7 Å². The summed E-state index contributed by atoms with van der Waals surface area (Å²) in [6.07, 6.45) is 8.12. The number of ether oxygens (including phenoxy) is 1. The Morgan fingerprint density at radius 1 is 1.44 bits per heavy atom. The highest BCUT2D eigenvalue weighted by Gasteiger charge is 2.33. The number of hydrogen-bond acceptors (Lipinski definition) is 3. The molecule has 0 aromatic rings. The van der Waals surface area contributed by atoms with Gasteiger partial charge in [-0.25, -0.2) is 0 Å². The van der Waals surface area contributed by atoms with Gasteiger partial charge in [-0.2, -0.15) is 0 Å². The van der Waals surface area contributed by atoms with E-state index in [1.54, 1.807) is 0 Å². The van der Waals surface area contributed by atoms with Gasteiger partial charge in [0, 0.05) is 18.7 Å². The zero-order valence-corrected chi connectivity index (χ0v) is 10.5. The predicted octanol–water partition coefficient (Wildman–Crippen LogP) is 1.66. The lowest BCUT2D eigenvalue weighted by Crippen LogP contribution is -2.56. The second kappa shape index (κ2) is 5.48. The first-order valence-corrected chi connectivity index (χ1v) is 6.81. The molecule has 2 fully saturated rings. The van der Waals surface area contributed by atoms with Gasteiger partial charge in [0.1, 0.15) is 0 Å². The molecule has 94 valence electrons. The lowest BCUT2D eigenvalue weighted by Gasteiger charge is -2.40. The molecule has 0 radical (unpaired) electrons. The Bertz CT molecular complexity index is 218.